The summed E-state index contributed by atoms with van der Waals surface area (Å²) in [7, 11) is 0. The molecule has 0 aliphatic heterocycles. The molecular weight excluding hydrogens is 452 g/mol. The number of carbonyl (C=O) groups excluding carboxylic acids is 1. The summed E-state index contributed by atoms with van der Waals surface area (Å²) in [5.41, 5.74) is 2.48. The molecule has 3 saturated carbocycles. The van der Waals surface area contributed by atoms with Crippen molar-refractivity contribution in [1.29, 1.82) is 0 Å². The number of carbonyl (C=O) groups is 1. The van der Waals surface area contributed by atoms with Crippen molar-refractivity contribution in [2.24, 2.45) is 34.5 Å². The molecule has 0 bridgehead atoms. The van der Waals surface area contributed by atoms with Crippen LogP contribution in [0.4, 0.5) is 0 Å². The molecule has 0 unspecified atom stereocenters. The number of esters is 1. The van der Waals surface area contributed by atoms with Crippen LogP contribution in [0.2, 0.25) is 0 Å². The lowest BCUT2D eigenvalue weighted by atomic mass is 9.47. The van der Waals surface area contributed by atoms with Crippen LogP contribution in [0.1, 0.15) is 137 Å². The lowest BCUT2D eigenvalue weighted by Gasteiger charge is -2.58. The first kappa shape index (κ1) is 27.5. The molecule has 35 heavy (non-hydrogen) atoms. The van der Waals surface area contributed by atoms with Gasteiger partial charge in [-0.2, -0.15) is 0 Å². The van der Waals surface area contributed by atoms with E-state index < -0.39 is 5.38 Å². The number of unbranched alkanes of at least 4 members (excludes halogenated alkanes) is 5. The van der Waals surface area contributed by atoms with Gasteiger partial charge in [0.15, 0.2) is 0 Å². The smallest absolute Gasteiger partial charge is 0.324 e. The Labute approximate surface area is 221 Å². The van der Waals surface area contributed by atoms with Crippen LogP contribution < -0.4 is 0 Å². The number of fused-ring (bicyclic) bond motifs is 5. The van der Waals surface area contributed by atoms with Crippen LogP contribution in [0.15, 0.2) is 11.6 Å². The van der Waals surface area contributed by atoms with Crippen molar-refractivity contribution in [2.45, 2.75) is 148 Å². The Bertz CT molecular complexity index is 746. The van der Waals surface area contributed by atoms with Gasteiger partial charge in [-0.3, -0.25) is 4.79 Å². The van der Waals surface area contributed by atoms with Crippen molar-refractivity contribution >= 4 is 17.6 Å². The van der Waals surface area contributed by atoms with Gasteiger partial charge in [-0.1, -0.05) is 84.3 Å². The lowest BCUT2D eigenvalue weighted by Crippen LogP contribution is -2.50. The Morgan fingerprint density at radius 2 is 1.77 bits per heavy atom. The van der Waals surface area contributed by atoms with Crippen LogP contribution in [0.5, 0.6) is 0 Å². The van der Waals surface area contributed by atoms with E-state index in [4.69, 9.17) is 16.3 Å². The van der Waals surface area contributed by atoms with Gasteiger partial charge in [0.2, 0.25) is 0 Å². The number of hydrogen-bond donors (Lipinski definition) is 0. The standard InChI is InChI=1S/C32H53ClO2/c1-5-7-8-9-10-11-13-23-15-17-27-26-16-14-24-22-25(35-30(34)29(33)12-6-2)18-20-32(24,4)28(26)19-21-31(23,27)3/h14,23,25-29H,5-13,15-22H2,1-4H3/t23-,25-,26-,27-,28-,29+,31+,32-/m0/s1. The first-order chi connectivity index (χ1) is 16.8. The summed E-state index contributed by atoms with van der Waals surface area (Å²) >= 11 is 6.25. The van der Waals surface area contributed by atoms with Crippen LogP contribution in [0, 0.1) is 34.5 Å². The van der Waals surface area contributed by atoms with Crippen LogP contribution >= 0.6 is 11.6 Å². The van der Waals surface area contributed by atoms with E-state index in [-0.39, 0.29) is 12.1 Å². The molecule has 4 aliphatic carbocycles. The van der Waals surface area contributed by atoms with E-state index in [2.05, 4.69) is 33.8 Å². The highest BCUT2D eigenvalue weighted by atomic mass is 35.5. The van der Waals surface area contributed by atoms with Gasteiger partial charge < -0.3 is 4.74 Å². The van der Waals surface area contributed by atoms with Gasteiger partial charge in [-0.05, 0) is 92.3 Å². The zero-order valence-corrected chi connectivity index (χ0v) is 24.0. The van der Waals surface area contributed by atoms with Gasteiger partial charge in [-0.15, -0.1) is 11.6 Å². The minimum absolute atomic E-state index is 0.0264. The maximum absolute atomic E-state index is 12.4. The van der Waals surface area contributed by atoms with Crippen molar-refractivity contribution in [3.05, 3.63) is 11.6 Å². The third kappa shape index (κ3) is 5.68. The summed E-state index contributed by atoms with van der Waals surface area (Å²) in [4.78, 5) is 12.4. The van der Waals surface area contributed by atoms with Gasteiger partial charge >= 0.3 is 5.97 Å². The molecule has 0 amide bonds. The second kappa shape index (κ2) is 11.9. The van der Waals surface area contributed by atoms with E-state index >= 15 is 0 Å². The molecular formula is C32H53ClO2. The summed E-state index contributed by atoms with van der Waals surface area (Å²) in [5.74, 6) is 3.37. The quantitative estimate of drug-likeness (QED) is 0.121. The predicted octanol–water partition coefficient (Wildman–Crippen LogP) is 9.64. The van der Waals surface area contributed by atoms with E-state index in [1.54, 1.807) is 5.57 Å². The monoisotopic (exact) mass is 504 g/mol. The SMILES string of the molecule is CCCCCCCC[C@H]1CC[C@H]2[C@@H]3CC=C4C[C@@H](OC(=O)[C@H](Cl)CCC)CC[C@]4(C)[C@H]3CC[C@]12C. The van der Waals surface area contributed by atoms with Crippen molar-refractivity contribution in [3.8, 4) is 0 Å². The van der Waals surface area contributed by atoms with E-state index in [1.807, 2.05) is 0 Å². The average molecular weight is 505 g/mol. The highest BCUT2D eigenvalue weighted by molar-refractivity contribution is 6.29. The molecule has 0 N–H and O–H groups in total. The first-order valence-electron chi connectivity index (χ1n) is 15.4. The fourth-order valence-electron chi connectivity index (χ4n) is 9.09. The summed E-state index contributed by atoms with van der Waals surface area (Å²) in [6.07, 6.45) is 24.4. The molecule has 0 aromatic heterocycles. The van der Waals surface area contributed by atoms with Gasteiger partial charge in [0.25, 0.3) is 0 Å². The van der Waals surface area contributed by atoms with Crippen molar-refractivity contribution in [3.63, 3.8) is 0 Å². The fourth-order valence-corrected chi connectivity index (χ4v) is 9.36. The molecule has 4 aliphatic rings. The molecule has 4 rings (SSSR count). The van der Waals surface area contributed by atoms with Crippen molar-refractivity contribution in [2.75, 3.05) is 0 Å². The minimum atomic E-state index is -0.485. The Morgan fingerprint density at radius 3 is 2.54 bits per heavy atom. The third-order valence-electron chi connectivity index (χ3n) is 11.2. The maximum Gasteiger partial charge on any atom is 0.324 e. The number of ether oxygens (including phenoxy) is 1. The van der Waals surface area contributed by atoms with Gasteiger partial charge in [0, 0.05) is 6.42 Å². The van der Waals surface area contributed by atoms with Gasteiger partial charge in [0.05, 0.1) is 0 Å². The number of rotatable bonds is 11. The summed E-state index contributed by atoms with van der Waals surface area (Å²) in [5, 5.41) is -0.485. The number of halogens is 1. The molecule has 0 aromatic rings. The molecule has 0 heterocycles. The van der Waals surface area contributed by atoms with Gasteiger partial charge in [0.1, 0.15) is 11.5 Å². The van der Waals surface area contributed by atoms with Crippen molar-refractivity contribution < 1.29 is 9.53 Å². The van der Waals surface area contributed by atoms with Crippen molar-refractivity contribution in [1.82, 2.24) is 0 Å². The molecule has 0 spiro atoms. The topological polar surface area (TPSA) is 26.3 Å². The predicted molar refractivity (Wildman–Crippen MR) is 148 cm³/mol. The molecule has 0 aromatic carbocycles. The fraction of sp³-hybridized carbons (Fsp3) is 0.906. The average Bonchev–Trinajstić information content (AvgIpc) is 3.18. The number of alkyl halides is 1. The first-order valence-corrected chi connectivity index (χ1v) is 15.8. The van der Waals surface area contributed by atoms with E-state index in [9.17, 15) is 4.79 Å². The number of allylic oxidation sites excluding steroid dienone is 1. The Balaban J connectivity index is 1.36. The highest BCUT2D eigenvalue weighted by Crippen LogP contribution is 2.66. The normalized spacial score (nSPS) is 39.2. The summed E-state index contributed by atoms with van der Waals surface area (Å²) in [6.45, 7) is 9.61. The zero-order valence-electron chi connectivity index (χ0n) is 23.3. The molecule has 0 radical (unpaired) electrons. The summed E-state index contributed by atoms with van der Waals surface area (Å²) < 4.78 is 5.89. The van der Waals surface area contributed by atoms with Crippen LogP contribution in [0.3, 0.4) is 0 Å². The molecule has 0 saturated heterocycles. The third-order valence-corrected chi connectivity index (χ3v) is 11.6. The number of hydrogen-bond acceptors (Lipinski definition) is 2. The maximum atomic E-state index is 12.4. The highest BCUT2D eigenvalue weighted by Gasteiger charge is 2.58. The molecule has 3 fully saturated rings. The summed E-state index contributed by atoms with van der Waals surface area (Å²) in [6, 6.07) is 0. The second-order valence-corrected chi connectivity index (χ2v) is 13.7. The Kier molecular flexibility index (Phi) is 9.37. The molecule has 8 atom stereocenters. The van der Waals surface area contributed by atoms with E-state index in [1.165, 1.54) is 83.5 Å². The zero-order chi connectivity index (χ0) is 25.1. The Morgan fingerprint density at radius 1 is 1.00 bits per heavy atom. The Hall–Kier alpha value is -0.500. The van der Waals surface area contributed by atoms with Crippen LogP contribution in [0.25, 0.3) is 0 Å². The van der Waals surface area contributed by atoms with E-state index in [0.29, 0.717) is 17.3 Å². The molecule has 200 valence electrons. The molecule has 3 heteroatoms. The molecule has 2 nitrogen and oxygen atoms in total. The second-order valence-electron chi connectivity index (χ2n) is 13.2. The largest absolute Gasteiger partial charge is 0.461 e. The lowest BCUT2D eigenvalue weighted by molar-refractivity contribution is -0.151. The van der Waals surface area contributed by atoms with Crippen LogP contribution in [-0.2, 0) is 9.53 Å². The van der Waals surface area contributed by atoms with Crippen LogP contribution in [-0.4, -0.2) is 17.5 Å². The van der Waals surface area contributed by atoms with E-state index in [0.717, 1.165) is 42.9 Å². The van der Waals surface area contributed by atoms with Gasteiger partial charge in [-0.25, -0.2) is 0 Å². The minimum Gasteiger partial charge on any atom is -0.461 e.